The van der Waals surface area contributed by atoms with Crippen LogP contribution in [-0.2, 0) is 6.54 Å². The van der Waals surface area contributed by atoms with E-state index in [9.17, 15) is 0 Å². The fraction of sp³-hybridized carbons (Fsp3) is 0.375. The summed E-state index contributed by atoms with van der Waals surface area (Å²) in [5, 5.41) is 4.47. The quantitative estimate of drug-likeness (QED) is 0.613. The smallest absolute Gasteiger partial charge is 0.170 e. The average molecular weight is 418 g/mol. The zero-order valence-electron chi connectivity index (χ0n) is 17.0. The molecule has 2 aliphatic rings. The van der Waals surface area contributed by atoms with Crippen LogP contribution in [-0.4, -0.2) is 30.6 Å². The molecule has 0 aromatic carbocycles. The number of hydrogen-bond donors (Lipinski definition) is 1. The van der Waals surface area contributed by atoms with Crippen molar-refractivity contribution in [3.63, 3.8) is 0 Å². The zero-order valence-corrected chi connectivity index (χ0v) is 17.8. The van der Waals surface area contributed by atoms with Gasteiger partial charge in [-0.3, -0.25) is 9.97 Å². The van der Waals surface area contributed by atoms with E-state index in [4.69, 9.17) is 12.2 Å². The van der Waals surface area contributed by atoms with E-state index >= 15 is 0 Å². The molecule has 3 aromatic rings. The molecule has 6 heteroatoms. The Hall–Kier alpha value is -2.73. The molecule has 0 unspecified atom stereocenters. The van der Waals surface area contributed by atoms with E-state index in [0.717, 1.165) is 23.0 Å². The normalized spacial score (nSPS) is 22.3. The number of thiocarbonyl (C=S) groups is 1. The number of hydrogen-bond acceptors (Lipinski definition) is 3. The third kappa shape index (κ3) is 3.72. The summed E-state index contributed by atoms with van der Waals surface area (Å²) in [6.45, 7) is 0.750. The maximum absolute atomic E-state index is 5.89. The highest BCUT2D eigenvalue weighted by atomic mass is 32.1. The van der Waals surface area contributed by atoms with Crippen LogP contribution in [0.25, 0.3) is 0 Å². The minimum absolute atomic E-state index is 0.0398. The monoisotopic (exact) mass is 417 g/mol. The molecule has 2 fully saturated rings. The second-order valence-corrected chi connectivity index (χ2v) is 8.59. The zero-order chi connectivity index (χ0) is 20.3. The average Bonchev–Trinajstić information content (AvgIpc) is 3.39. The third-order valence-corrected chi connectivity index (χ3v) is 6.66. The van der Waals surface area contributed by atoms with Gasteiger partial charge in [0.1, 0.15) is 0 Å². The van der Waals surface area contributed by atoms with Crippen molar-refractivity contribution < 1.29 is 0 Å². The van der Waals surface area contributed by atoms with Gasteiger partial charge in [0.15, 0.2) is 5.11 Å². The highest BCUT2D eigenvalue weighted by molar-refractivity contribution is 7.80. The molecular weight excluding hydrogens is 390 g/mol. The summed E-state index contributed by atoms with van der Waals surface area (Å²) >= 11 is 5.89. The van der Waals surface area contributed by atoms with Gasteiger partial charge in [-0.05, 0) is 61.5 Å². The minimum atomic E-state index is 0.0398. The van der Waals surface area contributed by atoms with Crippen LogP contribution in [0.2, 0.25) is 0 Å². The SMILES string of the molecule is S=C1N[C@@H](c2ccccn2)[C@@H](c2cccn2Cc2ccccn2)N1C1CCCCC1. The van der Waals surface area contributed by atoms with Crippen molar-refractivity contribution in [3.8, 4) is 0 Å². The van der Waals surface area contributed by atoms with Gasteiger partial charge in [0.25, 0.3) is 0 Å². The minimum Gasteiger partial charge on any atom is -0.352 e. The highest BCUT2D eigenvalue weighted by Crippen LogP contribution is 2.42. The van der Waals surface area contributed by atoms with Gasteiger partial charge in [0.05, 0.1) is 30.0 Å². The molecule has 1 N–H and O–H groups in total. The van der Waals surface area contributed by atoms with E-state index < -0.39 is 0 Å². The van der Waals surface area contributed by atoms with Gasteiger partial charge in [0, 0.05) is 30.3 Å². The van der Waals surface area contributed by atoms with Crippen molar-refractivity contribution >= 4 is 17.3 Å². The Kier molecular flexibility index (Phi) is 5.49. The number of aromatic nitrogens is 3. The van der Waals surface area contributed by atoms with Crippen molar-refractivity contribution in [1.82, 2.24) is 24.8 Å². The molecule has 0 spiro atoms. The van der Waals surface area contributed by atoms with Gasteiger partial charge in [-0.2, -0.15) is 0 Å². The summed E-state index contributed by atoms with van der Waals surface area (Å²) in [7, 11) is 0. The molecule has 1 saturated heterocycles. The number of nitrogens with one attached hydrogen (secondary N) is 1. The standard InChI is InChI=1S/C24H27N5S/c30-24-27-22(20-12-5-7-15-26-20)23(29(24)19-10-2-1-3-11-19)21-13-8-16-28(21)17-18-9-4-6-14-25-18/h4-9,12-16,19,22-23H,1-3,10-11,17H2,(H,27,30)/t22-,23+/m0/s1. The lowest BCUT2D eigenvalue weighted by Crippen LogP contribution is -2.40. The molecule has 0 amide bonds. The molecule has 5 rings (SSSR count). The number of pyridine rings is 2. The van der Waals surface area contributed by atoms with Crippen molar-refractivity contribution in [3.05, 3.63) is 84.2 Å². The van der Waals surface area contributed by atoms with Crippen molar-refractivity contribution in [2.45, 2.75) is 56.8 Å². The van der Waals surface area contributed by atoms with Crippen LogP contribution in [0.1, 0.15) is 61.3 Å². The highest BCUT2D eigenvalue weighted by Gasteiger charge is 2.44. The van der Waals surface area contributed by atoms with Crippen molar-refractivity contribution in [1.29, 1.82) is 0 Å². The lowest BCUT2D eigenvalue weighted by atomic mass is 9.92. The molecule has 1 saturated carbocycles. The van der Waals surface area contributed by atoms with E-state index in [1.165, 1.54) is 37.8 Å². The predicted octanol–water partition coefficient (Wildman–Crippen LogP) is 4.63. The molecule has 1 aliphatic heterocycles. The maximum atomic E-state index is 5.89. The summed E-state index contributed by atoms with van der Waals surface area (Å²) in [6.07, 6.45) is 12.2. The topological polar surface area (TPSA) is 46.0 Å². The van der Waals surface area contributed by atoms with Crippen LogP contribution in [0.4, 0.5) is 0 Å². The Labute approximate surface area is 183 Å². The summed E-state index contributed by atoms with van der Waals surface area (Å²) < 4.78 is 2.31. The molecule has 30 heavy (non-hydrogen) atoms. The number of rotatable bonds is 5. The van der Waals surface area contributed by atoms with E-state index in [1.54, 1.807) is 0 Å². The molecule has 3 aromatic heterocycles. The predicted molar refractivity (Wildman–Crippen MR) is 122 cm³/mol. The van der Waals surface area contributed by atoms with Crippen LogP contribution < -0.4 is 5.32 Å². The molecule has 2 atom stereocenters. The van der Waals surface area contributed by atoms with Gasteiger partial charge >= 0.3 is 0 Å². The van der Waals surface area contributed by atoms with Gasteiger partial charge < -0.3 is 14.8 Å². The molecular formula is C24H27N5S. The van der Waals surface area contributed by atoms with Crippen molar-refractivity contribution in [2.75, 3.05) is 0 Å². The lowest BCUT2D eigenvalue weighted by molar-refractivity contribution is 0.191. The van der Waals surface area contributed by atoms with Gasteiger partial charge in [-0.25, -0.2) is 0 Å². The van der Waals surface area contributed by atoms with E-state index in [0.29, 0.717) is 6.04 Å². The van der Waals surface area contributed by atoms with E-state index in [1.807, 2.05) is 30.6 Å². The Morgan fingerprint density at radius 1 is 0.933 bits per heavy atom. The first kappa shape index (κ1) is 19.2. The third-order valence-electron chi connectivity index (χ3n) is 6.33. The Morgan fingerprint density at radius 2 is 1.73 bits per heavy atom. The van der Waals surface area contributed by atoms with Gasteiger partial charge in [-0.1, -0.05) is 31.4 Å². The molecule has 0 radical (unpaired) electrons. The van der Waals surface area contributed by atoms with Gasteiger partial charge in [-0.15, -0.1) is 0 Å². The largest absolute Gasteiger partial charge is 0.352 e. The van der Waals surface area contributed by atoms with Gasteiger partial charge in [0.2, 0.25) is 0 Å². The maximum Gasteiger partial charge on any atom is 0.170 e. The van der Waals surface area contributed by atoms with Crippen LogP contribution in [0.15, 0.2) is 67.1 Å². The summed E-state index contributed by atoms with van der Waals surface area (Å²) in [5.74, 6) is 0. The first-order valence-corrected chi connectivity index (χ1v) is 11.3. The second-order valence-electron chi connectivity index (χ2n) is 8.21. The van der Waals surface area contributed by atoms with Crippen LogP contribution in [0.5, 0.6) is 0 Å². The first-order chi connectivity index (χ1) is 14.8. The van der Waals surface area contributed by atoms with Crippen LogP contribution in [0, 0.1) is 0 Å². The molecule has 5 nitrogen and oxygen atoms in total. The lowest BCUT2D eigenvalue weighted by Gasteiger charge is -2.37. The summed E-state index contributed by atoms with van der Waals surface area (Å²) in [5.41, 5.74) is 3.35. The van der Waals surface area contributed by atoms with Crippen LogP contribution in [0.3, 0.4) is 0 Å². The summed E-state index contributed by atoms with van der Waals surface area (Å²) in [4.78, 5) is 11.7. The fourth-order valence-electron chi connectivity index (χ4n) is 4.94. The second kappa shape index (κ2) is 8.56. The van der Waals surface area contributed by atoms with Crippen LogP contribution >= 0.6 is 12.2 Å². The number of nitrogens with zero attached hydrogens (tertiary/aromatic N) is 4. The molecule has 1 aliphatic carbocycles. The molecule has 154 valence electrons. The molecule has 4 heterocycles. The Morgan fingerprint density at radius 3 is 2.47 bits per heavy atom. The van der Waals surface area contributed by atoms with E-state index in [-0.39, 0.29) is 12.1 Å². The Balaban J connectivity index is 1.54. The fourth-order valence-corrected chi connectivity index (χ4v) is 5.33. The van der Waals surface area contributed by atoms with Crippen molar-refractivity contribution in [2.24, 2.45) is 0 Å². The first-order valence-electron chi connectivity index (χ1n) is 10.9. The Bertz CT molecular complexity index is 981. The summed E-state index contributed by atoms with van der Waals surface area (Å²) in [6, 6.07) is 17.2. The van der Waals surface area contributed by atoms with E-state index in [2.05, 4.69) is 61.3 Å². The molecule has 0 bridgehead atoms.